The molecule has 1 aliphatic heterocycles. The van der Waals surface area contributed by atoms with Crippen molar-refractivity contribution in [2.24, 2.45) is 0 Å². The molecule has 0 amide bonds. The first-order valence-corrected chi connectivity index (χ1v) is 5.90. The van der Waals surface area contributed by atoms with Crippen LogP contribution in [0.5, 0.6) is 0 Å². The predicted molar refractivity (Wildman–Crippen MR) is 67.3 cm³/mol. The van der Waals surface area contributed by atoms with Gasteiger partial charge in [-0.3, -0.25) is 4.79 Å². The minimum Gasteiger partial charge on any atom is -0.359 e. The van der Waals surface area contributed by atoms with E-state index in [0.717, 1.165) is 11.1 Å². The minimum absolute atomic E-state index is 0.0118. The average molecular weight is 269 g/mol. The molecule has 0 saturated carbocycles. The summed E-state index contributed by atoms with van der Waals surface area (Å²) in [6.07, 6.45) is -3.74. The van der Waals surface area contributed by atoms with Crippen LogP contribution in [0.4, 0.5) is 18.9 Å². The third-order valence-corrected chi connectivity index (χ3v) is 3.26. The van der Waals surface area contributed by atoms with E-state index in [1.54, 1.807) is 6.07 Å². The first-order chi connectivity index (χ1) is 8.77. The largest absolute Gasteiger partial charge is 0.414 e. The van der Waals surface area contributed by atoms with Gasteiger partial charge in [0.1, 0.15) is 0 Å². The normalized spacial score (nSPS) is 16.6. The number of anilines is 1. The lowest BCUT2D eigenvalue weighted by atomic mass is 10.1. The molecule has 1 aromatic carbocycles. The lowest BCUT2D eigenvalue weighted by Gasteiger charge is -2.29. The van der Waals surface area contributed by atoms with Gasteiger partial charge in [0.25, 0.3) is 0 Å². The lowest BCUT2D eigenvalue weighted by Crippen LogP contribution is -2.38. The molecule has 0 radical (unpaired) electrons. The minimum atomic E-state index is -4.45. The van der Waals surface area contributed by atoms with Crippen molar-refractivity contribution in [1.29, 1.82) is 0 Å². The van der Waals surface area contributed by atoms with Crippen LogP contribution in [0, 0.1) is 13.8 Å². The summed E-state index contributed by atoms with van der Waals surface area (Å²) in [5.74, 6) is -0.517. The summed E-state index contributed by atoms with van der Waals surface area (Å²) >= 11 is 0. The molecule has 1 aliphatic rings. The van der Waals surface area contributed by atoms with E-state index >= 15 is 0 Å². The highest BCUT2D eigenvalue weighted by atomic mass is 19.4. The number of benzene rings is 1. The highest BCUT2D eigenvalue weighted by Crippen LogP contribution is 2.30. The molecule has 2 rings (SSSR count). The summed E-state index contributed by atoms with van der Waals surface area (Å²) in [4.78, 5) is 12.9. The number of rotatable bonds is 1. The summed E-state index contributed by atoms with van der Waals surface area (Å²) in [6, 6.07) is 5.40. The summed E-state index contributed by atoms with van der Waals surface area (Å²) in [7, 11) is 0. The predicted octanol–water partition coefficient (Wildman–Crippen LogP) is 3.18. The number of ketones is 1. The van der Waals surface area contributed by atoms with Gasteiger partial charge in [0.2, 0.25) is 0 Å². The first kappa shape index (κ1) is 13.6. The SMILES string of the molecule is Cc1ccc(N2CC(=O)C=C(C(F)(F)F)C2)cc1C. The highest BCUT2D eigenvalue weighted by Gasteiger charge is 2.37. The Balaban J connectivity index is 2.30. The molecule has 0 unspecified atom stereocenters. The van der Waals surface area contributed by atoms with Crippen molar-refractivity contribution >= 4 is 11.5 Å². The van der Waals surface area contributed by atoms with Crippen molar-refractivity contribution in [2.45, 2.75) is 20.0 Å². The molecular weight excluding hydrogens is 255 g/mol. The topological polar surface area (TPSA) is 20.3 Å². The van der Waals surface area contributed by atoms with Gasteiger partial charge in [-0.2, -0.15) is 13.2 Å². The van der Waals surface area contributed by atoms with Crippen molar-refractivity contribution in [3.8, 4) is 0 Å². The van der Waals surface area contributed by atoms with E-state index in [-0.39, 0.29) is 13.1 Å². The number of carbonyl (C=O) groups excluding carboxylic acids is 1. The molecule has 0 atom stereocenters. The molecule has 0 saturated heterocycles. The number of hydrogen-bond acceptors (Lipinski definition) is 2. The van der Waals surface area contributed by atoms with Gasteiger partial charge in [-0.1, -0.05) is 6.07 Å². The van der Waals surface area contributed by atoms with E-state index in [2.05, 4.69) is 0 Å². The van der Waals surface area contributed by atoms with Gasteiger partial charge in [-0.05, 0) is 43.2 Å². The molecular formula is C14H14F3NO. The third-order valence-electron chi connectivity index (χ3n) is 3.26. The molecule has 102 valence electrons. The van der Waals surface area contributed by atoms with Crippen LogP contribution in [0.1, 0.15) is 11.1 Å². The molecule has 0 fully saturated rings. The number of halogens is 3. The van der Waals surface area contributed by atoms with Crippen LogP contribution >= 0.6 is 0 Å². The summed E-state index contributed by atoms with van der Waals surface area (Å²) in [5.41, 5.74) is 1.92. The molecule has 1 heterocycles. The van der Waals surface area contributed by atoms with Gasteiger partial charge in [-0.25, -0.2) is 0 Å². The molecule has 19 heavy (non-hydrogen) atoms. The van der Waals surface area contributed by atoms with E-state index < -0.39 is 17.5 Å². The fraction of sp³-hybridized carbons (Fsp3) is 0.357. The lowest BCUT2D eigenvalue weighted by molar-refractivity contribution is -0.116. The molecule has 0 N–H and O–H groups in total. The fourth-order valence-corrected chi connectivity index (χ4v) is 2.01. The van der Waals surface area contributed by atoms with Crippen molar-refractivity contribution in [1.82, 2.24) is 0 Å². The van der Waals surface area contributed by atoms with E-state index in [1.165, 1.54) is 4.90 Å². The standard InChI is InChI=1S/C14H14F3NO/c1-9-3-4-12(5-10(9)2)18-7-11(14(15,16)17)6-13(19)8-18/h3-6H,7-8H2,1-2H3. The van der Waals surface area contributed by atoms with E-state index in [0.29, 0.717) is 11.8 Å². The van der Waals surface area contributed by atoms with Crippen LogP contribution in [0.15, 0.2) is 29.8 Å². The second kappa shape index (κ2) is 4.72. The van der Waals surface area contributed by atoms with Crippen LogP contribution in [0.3, 0.4) is 0 Å². The van der Waals surface area contributed by atoms with Gasteiger partial charge in [0.15, 0.2) is 5.78 Å². The van der Waals surface area contributed by atoms with Crippen LogP contribution in [-0.4, -0.2) is 25.0 Å². The van der Waals surface area contributed by atoms with Crippen LogP contribution in [0.25, 0.3) is 0 Å². The Hall–Kier alpha value is -1.78. The maximum absolute atomic E-state index is 12.7. The van der Waals surface area contributed by atoms with E-state index in [4.69, 9.17) is 0 Å². The Labute approximate surface area is 109 Å². The van der Waals surface area contributed by atoms with Crippen molar-refractivity contribution in [3.05, 3.63) is 41.0 Å². The summed E-state index contributed by atoms with van der Waals surface area (Å²) in [6.45, 7) is 3.53. The smallest absolute Gasteiger partial charge is 0.359 e. The molecule has 0 bridgehead atoms. The van der Waals surface area contributed by atoms with Crippen molar-refractivity contribution in [3.63, 3.8) is 0 Å². The van der Waals surface area contributed by atoms with E-state index in [1.807, 2.05) is 26.0 Å². The molecule has 5 heteroatoms. The highest BCUT2D eigenvalue weighted by molar-refractivity contribution is 5.96. The number of carbonyl (C=O) groups is 1. The van der Waals surface area contributed by atoms with Crippen LogP contribution in [0.2, 0.25) is 0 Å². The van der Waals surface area contributed by atoms with Gasteiger partial charge in [0, 0.05) is 12.2 Å². The first-order valence-electron chi connectivity index (χ1n) is 5.90. The molecule has 0 aliphatic carbocycles. The molecule has 0 aromatic heterocycles. The maximum atomic E-state index is 12.7. The second-order valence-electron chi connectivity index (χ2n) is 4.76. The van der Waals surface area contributed by atoms with Crippen LogP contribution < -0.4 is 4.90 Å². The van der Waals surface area contributed by atoms with Crippen LogP contribution in [-0.2, 0) is 4.79 Å². The van der Waals surface area contributed by atoms with Gasteiger partial charge < -0.3 is 4.90 Å². The molecule has 1 aromatic rings. The quantitative estimate of drug-likeness (QED) is 0.780. The monoisotopic (exact) mass is 269 g/mol. The second-order valence-corrected chi connectivity index (χ2v) is 4.76. The Bertz CT molecular complexity index is 546. The van der Waals surface area contributed by atoms with Crippen molar-refractivity contribution < 1.29 is 18.0 Å². The molecule has 0 spiro atoms. The number of aryl methyl sites for hydroxylation is 2. The summed E-state index contributed by atoms with van der Waals surface area (Å²) in [5, 5.41) is 0. The Kier molecular flexibility index (Phi) is 3.39. The van der Waals surface area contributed by atoms with Gasteiger partial charge in [-0.15, -0.1) is 0 Å². The number of hydrogen-bond donors (Lipinski definition) is 0. The average Bonchev–Trinajstić information content (AvgIpc) is 2.31. The van der Waals surface area contributed by atoms with Gasteiger partial charge >= 0.3 is 6.18 Å². The number of nitrogens with zero attached hydrogens (tertiary/aromatic N) is 1. The maximum Gasteiger partial charge on any atom is 0.414 e. The zero-order valence-electron chi connectivity index (χ0n) is 10.7. The van der Waals surface area contributed by atoms with E-state index in [9.17, 15) is 18.0 Å². The Morgan fingerprint density at radius 3 is 2.37 bits per heavy atom. The molecule has 2 nitrogen and oxygen atoms in total. The zero-order chi connectivity index (χ0) is 14.2. The zero-order valence-corrected chi connectivity index (χ0v) is 10.7. The fourth-order valence-electron chi connectivity index (χ4n) is 2.01. The summed E-state index contributed by atoms with van der Waals surface area (Å²) < 4.78 is 38.1. The van der Waals surface area contributed by atoms with Crippen molar-refractivity contribution in [2.75, 3.05) is 18.0 Å². The van der Waals surface area contributed by atoms with Gasteiger partial charge in [0.05, 0.1) is 12.1 Å². The third kappa shape index (κ3) is 2.97. The Morgan fingerprint density at radius 1 is 1.11 bits per heavy atom. The number of alkyl halides is 3. The Morgan fingerprint density at radius 2 is 1.79 bits per heavy atom.